The van der Waals surface area contributed by atoms with Crippen LogP contribution in [-0.2, 0) is 16.0 Å². The van der Waals surface area contributed by atoms with Gasteiger partial charge in [0.25, 0.3) is 5.78 Å². The summed E-state index contributed by atoms with van der Waals surface area (Å²) in [6, 6.07) is 3.43. The van der Waals surface area contributed by atoms with Crippen LogP contribution in [0.1, 0.15) is 29.8 Å². The number of halogens is 1. The number of ketones is 1. The van der Waals surface area contributed by atoms with Gasteiger partial charge in [-0.15, -0.1) is 0 Å². The van der Waals surface area contributed by atoms with Gasteiger partial charge in [0.1, 0.15) is 5.75 Å². The second-order valence-corrected chi connectivity index (χ2v) is 4.46. The fourth-order valence-electron chi connectivity index (χ4n) is 1.63. The molecular formula is C13H15BrO4. The van der Waals surface area contributed by atoms with Gasteiger partial charge in [0.2, 0.25) is 0 Å². The number of benzene rings is 1. The van der Waals surface area contributed by atoms with Crippen molar-refractivity contribution in [3.05, 3.63) is 27.7 Å². The predicted octanol–water partition coefficient (Wildman–Crippen LogP) is 2.77. The van der Waals surface area contributed by atoms with Gasteiger partial charge in [-0.05, 0) is 31.0 Å². The monoisotopic (exact) mass is 314 g/mol. The molecule has 0 bridgehead atoms. The van der Waals surface area contributed by atoms with E-state index in [1.165, 1.54) is 7.11 Å². The maximum absolute atomic E-state index is 12.0. The number of aryl methyl sites for hydroxylation is 1. The molecule has 4 nitrogen and oxygen atoms in total. The van der Waals surface area contributed by atoms with Crippen LogP contribution in [0.5, 0.6) is 5.75 Å². The second-order valence-electron chi connectivity index (χ2n) is 3.55. The zero-order valence-corrected chi connectivity index (χ0v) is 12.2. The van der Waals surface area contributed by atoms with Gasteiger partial charge < -0.3 is 9.47 Å². The lowest BCUT2D eigenvalue weighted by atomic mass is 10.0. The van der Waals surface area contributed by atoms with Crippen molar-refractivity contribution in [1.29, 1.82) is 0 Å². The molecule has 1 aromatic rings. The molecule has 0 aromatic heterocycles. The minimum atomic E-state index is -0.865. The van der Waals surface area contributed by atoms with Gasteiger partial charge in [-0.25, -0.2) is 4.79 Å². The Balaban J connectivity index is 3.26. The van der Waals surface area contributed by atoms with E-state index in [2.05, 4.69) is 15.9 Å². The summed E-state index contributed by atoms with van der Waals surface area (Å²) in [6.45, 7) is 3.77. The first-order valence-electron chi connectivity index (χ1n) is 5.62. The Kier molecular flexibility index (Phi) is 5.34. The quantitative estimate of drug-likeness (QED) is 0.476. The first-order valence-corrected chi connectivity index (χ1v) is 6.42. The molecule has 5 heteroatoms. The zero-order valence-electron chi connectivity index (χ0n) is 10.6. The molecule has 0 aliphatic heterocycles. The average Bonchev–Trinajstić information content (AvgIpc) is 2.36. The standard InChI is InChI=1S/C13H15BrO4/c1-4-8-6-9(14)7-10(12(8)17-3)11(15)13(16)18-5-2/h6-7H,4-5H2,1-3H3. The van der Waals surface area contributed by atoms with Crippen LogP contribution >= 0.6 is 15.9 Å². The van der Waals surface area contributed by atoms with E-state index in [1.54, 1.807) is 13.0 Å². The number of rotatable bonds is 5. The average molecular weight is 315 g/mol. The van der Waals surface area contributed by atoms with Gasteiger partial charge in [-0.2, -0.15) is 0 Å². The lowest BCUT2D eigenvalue weighted by Gasteiger charge is -2.12. The van der Waals surface area contributed by atoms with Crippen LogP contribution in [0.3, 0.4) is 0 Å². The Bertz CT molecular complexity index is 468. The largest absolute Gasteiger partial charge is 0.496 e. The molecule has 18 heavy (non-hydrogen) atoms. The highest BCUT2D eigenvalue weighted by Crippen LogP contribution is 2.29. The maximum atomic E-state index is 12.0. The van der Waals surface area contributed by atoms with Crippen LogP contribution in [0.2, 0.25) is 0 Å². The van der Waals surface area contributed by atoms with Gasteiger partial charge in [-0.1, -0.05) is 22.9 Å². The first kappa shape index (κ1) is 14.7. The van der Waals surface area contributed by atoms with Crippen molar-refractivity contribution >= 4 is 27.7 Å². The van der Waals surface area contributed by atoms with Crippen LogP contribution in [0.4, 0.5) is 0 Å². The van der Waals surface area contributed by atoms with Crippen molar-refractivity contribution in [1.82, 2.24) is 0 Å². The first-order chi connectivity index (χ1) is 8.54. The van der Waals surface area contributed by atoms with Crippen LogP contribution in [-0.4, -0.2) is 25.5 Å². The predicted molar refractivity (Wildman–Crippen MR) is 71.0 cm³/mol. The smallest absolute Gasteiger partial charge is 0.379 e. The molecule has 1 aromatic carbocycles. The number of methoxy groups -OCH3 is 1. The van der Waals surface area contributed by atoms with E-state index >= 15 is 0 Å². The van der Waals surface area contributed by atoms with Crippen molar-refractivity contribution in [2.45, 2.75) is 20.3 Å². The number of hydrogen-bond acceptors (Lipinski definition) is 4. The van der Waals surface area contributed by atoms with Gasteiger partial charge in [-0.3, -0.25) is 4.79 Å². The number of carbonyl (C=O) groups excluding carboxylic acids is 2. The Morgan fingerprint density at radius 3 is 2.44 bits per heavy atom. The Labute approximate surface area is 114 Å². The summed E-state index contributed by atoms with van der Waals surface area (Å²) < 4.78 is 10.7. The molecule has 98 valence electrons. The number of esters is 1. The number of Topliss-reactive ketones (excluding diaryl/α,β-unsaturated/α-hetero) is 1. The molecule has 0 atom stereocenters. The normalized spacial score (nSPS) is 10.0. The van der Waals surface area contributed by atoms with Gasteiger partial charge in [0.05, 0.1) is 19.3 Å². The number of ether oxygens (including phenoxy) is 2. The maximum Gasteiger partial charge on any atom is 0.379 e. The summed E-state index contributed by atoms with van der Waals surface area (Å²) in [4.78, 5) is 23.4. The van der Waals surface area contributed by atoms with E-state index in [-0.39, 0.29) is 12.2 Å². The molecule has 0 fully saturated rings. The summed E-state index contributed by atoms with van der Waals surface area (Å²) in [5, 5.41) is 0. The molecule has 0 unspecified atom stereocenters. The number of carbonyl (C=O) groups is 2. The minimum Gasteiger partial charge on any atom is -0.496 e. The molecule has 0 spiro atoms. The van der Waals surface area contributed by atoms with E-state index in [9.17, 15) is 9.59 Å². The van der Waals surface area contributed by atoms with Crippen LogP contribution in [0, 0.1) is 0 Å². The van der Waals surface area contributed by atoms with Gasteiger partial charge >= 0.3 is 5.97 Å². The minimum absolute atomic E-state index is 0.168. The zero-order chi connectivity index (χ0) is 13.7. The molecule has 0 heterocycles. The van der Waals surface area contributed by atoms with Crippen molar-refractivity contribution in [3.63, 3.8) is 0 Å². The Morgan fingerprint density at radius 2 is 1.94 bits per heavy atom. The van der Waals surface area contributed by atoms with E-state index in [0.717, 1.165) is 10.0 Å². The van der Waals surface area contributed by atoms with Crippen LogP contribution < -0.4 is 4.74 Å². The summed E-state index contributed by atoms with van der Waals surface area (Å²) >= 11 is 3.31. The third-order valence-corrected chi connectivity index (χ3v) is 2.88. The summed E-state index contributed by atoms with van der Waals surface area (Å²) in [5.41, 5.74) is 1.08. The number of hydrogen-bond donors (Lipinski definition) is 0. The fraction of sp³-hybridized carbons (Fsp3) is 0.385. The third kappa shape index (κ3) is 3.10. The fourth-order valence-corrected chi connectivity index (χ4v) is 2.13. The Hall–Kier alpha value is -1.36. The molecule has 1 rings (SSSR count). The summed E-state index contributed by atoms with van der Waals surface area (Å²) in [5.74, 6) is -1.13. The van der Waals surface area contributed by atoms with E-state index in [4.69, 9.17) is 9.47 Å². The molecule has 0 saturated heterocycles. The van der Waals surface area contributed by atoms with E-state index < -0.39 is 11.8 Å². The molecule has 0 N–H and O–H groups in total. The van der Waals surface area contributed by atoms with Crippen molar-refractivity contribution in [2.75, 3.05) is 13.7 Å². The highest BCUT2D eigenvalue weighted by atomic mass is 79.9. The summed E-state index contributed by atoms with van der Waals surface area (Å²) in [7, 11) is 1.48. The van der Waals surface area contributed by atoms with Crippen LogP contribution in [0.15, 0.2) is 16.6 Å². The Morgan fingerprint density at radius 1 is 1.28 bits per heavy atom. The van der Waals surface area contributed by atoms with E-state index in [1.807, 2.05) is 13.0 Å². The highest BCUT2D eigenvalue weighted by Gasteiger charge is 2.23. The molecule has 0 aliphatic rings. The molecule has 0 amide bonds. The molecule has 0 aliphatic carbocycles. The lowest BCUT2D eigenvalue weighted by molar-refractivity contribution is -0.137. The molecule has 0 radical (unpaired) electrons. The van der Waals surface area contributed by atoms with Gasteiger partial charge in [0, 0.05) is 4.47 Å². The topological polar surface area (TPSA) is 52.6 Å². The molecular weight excluding hydrogens is 300 g/mol. The van der Waals surface area contributed by atoms with Crippen molar-refractivity contribution < 1.29 is 19.1 Å². The highest BCUT2D eigenvalue weighted by molar-refractivity contribution is 9.10. The van der Waals surface area contributed by atoms with Gasteiger partial charge in [0.15, 0.2) is 0 Å². The summed E-state index contributed by atoms with van der Waals surface area (Å²) in [6.07, 6.45) is 0.700. The van der Waals surface area contributed by atoms with Crippen molar-refractivity contribution in [3.8, 4) is 5.75 Å². The van der Waals surface area contributed by atoms with Crippen LogP contribution in [0.25, 0.3) is 0 Å². The third-order valence-electron chi connectivity index (χ3n) is 2.42. The SMILES string of the molecule is CCOC(=O)C(=O)c1cc(Br)cc(CC)c1OC. The molecule has 0 saturated carbocycles. The second kappa shape index (κ2) is 6.54. The van der Waals surface area contributed by atoms with E-state index in [0.29, 0.717) is 12.2 Å². The van der Waals surface area contributed by atoms with Crippen molar-refractivity contribution in [2.24, 2.45) is 0 Å². The lowest BCUT2D eigenvalue weighted by Crippen LogP contribution is -2.18.